The van der Waals surface area contributed by atoms with Crippen LogP contribution in [0.25, 0.3) is 0 Å². The molecule has 0 saturated carbocycles. The maximum Gasteiger partial charge on any atom is 0.147 e. The normalized spacial score (nSPS) is 18.2. The van der Waals surface area contributed by atoms with Crippen molar-refractivity contribution in [3.63, 3.8) is 0 Å². The van der Waals surface area contributed by atoms with Gasteiger partial charge in [0.2, 0.25) is 0 Å². The second-order valence-electron chi connectivity index (χ2n) is 6.82. The molecule has 26 heavy (non-hydrogen) atoms. The molecule has 1 saturated heterocycles. The molecule has 1 atom stereocenters. The topological polar surface area (TPSA) is 61.7 Å². The van der Waals surface area contributed by atoms with Gasteiger partial charge in [-0.15, -0.1) is 0 Å². The number of ether oxygens (including phenoxy) is 1. The average Bonchev–Trinajstić information content (AvgIpc) is 2.68. The minimum atomic E-state index is 0.191. The zero-order valence-corrected chi connectivity index (χ0v) is 15.9. The van der Waals surface area contributed by atoms with Crippen LogP contribution in [0.3, 0.4) is 0 Å². The predicted octanol–water partition coefficient (Wildman–Crippen LogP) is 2.18. The zero-order valence-electron chi connectivity index (χ0n) is 15.9. The molecule has 1 N–H and O–H groups in total. The van der Waals surface area contributed by atoms with Crippen molar-refractivity contribution in [2.75, 3.05) is 38.3 Å². The van der Waals surface area contributed by atoms with E-state index in [-0.39, 0.29) is 12.6 Å². The summed E-state index contributed by atoms with van der Waals surface area (Å²) in [7, 11) is 1.71. The van der Waals surface area contributed by atoms with E-state index in [9.17, 15) is 5.11 Å². The molecule has 1 aromatic heterocycles. The zero-order chi connectivity index (χ0) is 18.5. The van der Waals surface area contributed by atoms with E-state index in [1.165, 1.54) is 16.7 Å². The number of piperazine rings is 1. The molecule has 0 amide bonds. The van der Waals surface area contributed by atoms with Crippen molar-refractivity contribution >= 4 is 5.82 Å². The van der Waals surface area contributed by atoms with E-state index in [0.29, 0.717) is 0 Å². The lowest BCUT2D eigenvalue weighted by Crippen LogP contribution is -2.53. The largest absolute Gasteiger partial charge is 0.496 e. The first-order valence-corrected chi connectivity index (χ1v) is 9.13. The summed E-state index contributed by atoms with van der Waals surface area (Å²) in [5.74, 6) is 1.84. The van der Waals surface area contributed by atoms with Gasteiger partial charge in [-0.05, 0) is 43.0 Å². The van der Waals surface area contributed by atoms with Crippen LogP contribution in [0.15, 0.2) is 30.7 Å². The number of hydrogen-bond acceptors (Lipinski definition) is 6. The van der Waals surface area contributed by atoms with E-state index < -0.39 is 0 Å². The number of aliphatic hydroxyl groups is 1. The maximum atomic E-state index is 9.54. The monoisotopic (exact) mass is 356 g/mol. The van der Waals surface area contributed by atoms with Gasteiger partial charge in [0, 0.05) is 51.2 Å². The number of rotatable bonds is 6. The molecule has 3 rings (SSSR count). The number of anilines is 1. The van der Waals surface area contributed by atoms with E-state index >= 15 is 0 Å². The number of hydrogen-bond donors (Lipinski definition) is 1. The number of aromatic nitrogens is 2. The van der Waals surface area contributed by atoms with E-state index in [2.05, 4.69) is 45.7 Å². The van der Waals surface area contributed by atoms with Crippen LogP contribution in [0.5, 0.6) is 5.75 Å². The Kier molecular flexibility index (Phi) is 6.06. The standard InChI is InChI=1S/C20H28N4O2/c1-15-16(2)19(26-3)5-4-17(15)13-23-9-10-24(14-18(23)6-11-25)20-12-21-7-8-22-20/h4-5,7-8,12,18,25H,6,9-11,13-14H2,1-3H3/t18-/m0/s1. The highest BCUT2D eigenvalue weighted by Gasteiger charge is 2.28. The van der Waals surface area contributed by atoms with E-state index in [4.69, 9.17) is 4.74 Å². The fourth-order valence-electron chi connectivity index (χ4n) is 3.65. The molecule has 0 bridgehead atoms. The quantitative estimate of drug-likeness (QED) is 0.856. The lowest BCUT2D eigenvalue weighted by atomic mass is 10.00. The summed E-state index contributed by atoms with van der Waals surface area (Å²) in [5, 5.41) is 9.54. The second-order valence-corrected chi connectivity index (χ2v) is 6.82. The van der Waals surface area contributed by atoms with Crippen LogP contribution in [0.2, 0.25) is 0 Å². The Morgan fingerprint density at radius 3 is 2.73 bits per heavy atom. The first-order valence-electron chi connectivity index (χ1n) is 9.13. The molecule has 0 radical (unpaired) electrons. The summed E-state index contributed by atoms with van der Waals surface area (Å²) in [4.78, 5) is 13.3. The SMILES string of the molecule is COc1ccc(CN2CCN(c3cnccn3)C[C@@H]2CCO)c(C)c1C. The lowest BCUT2D eigenvalue weighted by molar-refractivity contribution is 0.135. The third-order valence-electron chi connectivity index (χ3n) is 5.38. The van der Waals surface area contributed by atoms with E-state index in [1.807, 2.05) is 6.20 Å². The smallest absolute Gasteiger partial charge is 0.147 e. The second kappa shape index (κ2) is 8.47. The van der Waals surface area contributed by atoms with Gasteiger partial charge < -0.3 is 14.7 Å². The van der Waals surface area contributed by atoms with Crippen LogP contribution in [0.1, 0.15) is 23.1 Å². The maximum absolute atomic E-state index is 9.54. The van der Waals surface area contributed by atoms with Gasteiger partial charge in [0.25, 0.3) is 0 Å². The molecular formula is C20H28N4O2. The molecule has 0 spiro atoms. The molecule has 6 nitrogen and oxygen atoms in total. The number of nitrogens with zero attached hydrogens (tertiary/aromatic N) is 4. The average molecular weight is 356 g/mol. The highest BCUT2D eigenvalue weighted by Crippen LogP contribution is 2.27. The molecular weight excluding hydrogens is 328 g/mol. The molecule has 1 fully saturated rings. The Morgan fingerprint density at radius 2 is 2.04 bits per heavy atom. The molecule has 1 aliphatic rings. The van der Waals surface area contributed by atoms with Crippen molar-refractivity contribution in [1.82, 2.24) is 14.9 Å². The van der Waals surface area contributed by atoms with Gasteiger partial charge in [-0.3, -0.25) is 9.88 Å². The van der Waals surface area contributed by atoms with Gasteiger partial charge in [0.15, 0.2) is 0 Å². The summed E-state index contributed by atoms with van der Waals surface area (Å²) in [5.41, 5.74) is 3.80. The summed E-state index contributed by atoms with van der Waals surface area (Å²) in [6, 6.07) is 4.50. The van der Waals surface area contributed by atoms with E-state index in [1.54, 1.807) is 19.5 Å². The first-order chi connectivity index (χ1) is 12.6. The van der Waals surface area contributed by atoms with Crippen molar-refractivity contribution in [3.05, 3.63) is 47.4 Å². The third kappa shape index (κ3) is 3.97. The molecule has 6 heteroatoms. The van der Waals surface area contributed by atoms with Gasteiger partial charge in [0.1, 0.15) is 11.6 Å². The molecule has 0 unspecified atom stereocenters. The molecule has 1 aromatic carbocycles. The minimum Gasteiger partial charge on any atom is -0.496 e. The molecule has 0 aliphatic carbocycles. The predicted molar refractivity (Wildman–Crippen MR) is 103 cm³/mol. The van der Waals surface area contributed by atoms with Crippen LogP contribution in [0, 0.1) is 13.8 Å². The molecule has 140 valence electrons. The Hall–Kier alpha value is -2.18. The summed E-state index contributed by atoms with van der Waals surface area (Å²) in [6.07, 6.45) is 5.99. The molecule has 2 heterocycles. The molecule has 2 aromatic rings. The fraction of sp³-hybridized carbons (Fsp3) is 0.500. The minimum absolute atomic E-state index is 0.191. The summed E-state index contributed by atoms with van der Waals surface area (Å²) in [6.45, 7) is 8.04. The van der Waals surface area contributed by atoms with Gasteiger partial charge in [-0.2, -0.15) is 0 Å². The fourth-order valence-corrected chi connectivity index (χ4v) is 3.65. The Labute approximate surface area is 155 Å². The summed E-state index contributed by atoms with van der Waals surface area (Å²) < 4.78 is 5.43. The number of aliphatic hydroxyl groups excluding tert-OH is 1. The van der Waals surface area contributed by atoms with Crippen LogP contribution < -0.4 is 9.64 Å². The van der Waals surface area contributed by atoms with Crippen LogP contribution in [0.4, 0.5) is 5.82 Å². The highest BCUT2D eigenvalue weighted by atomic mass is 16.5. The Morgan fingerprint density at radius 1 is 1.19 bits per heavy atom. The van der Waals surface area contributed by atoms with Crippen molar-refractivity contribution in [2.24, 2.45) is 0 Å². The third-order valence-corrected chi connectivity index (χ3v) is 5.38. The van der Waals surface area contributed by atoms with Crippen molar-refractivity contribution in [2.45, 2.75) is 32.9 Å². The Balaban J connectivity index is 1.75. The first kappa shape index (κ1) is 18.6. The van der Waals surface area contributed by atoms with Crippen molar-refractivity contribution in [1.29, 1.82) is 0 Å². The van der Waals surface area contributed by atoms with Gasteiger partial charge in [-0.25, -0.2) is 4.98 Å². The van der Waals surface area contributed by atoms with E-state index in [0.717, 1.165) is 44.2 Å². The van der Waals surface area contributed by atoms with Gasteiger partial charge in [-0.1, -0.05) is 6.07 Å². The van der Waals surface area contributed by atoms with Crippen molar-refractivity contribution in [3.8, 4) is 5.75 Å². The Bertz CT molecular complexity index is 723. The number of methoxy groups -OCH3 is 1. The van der Waals surface area contributed by atoms with Gasteiger partial charge in [0.05, 0.1) is 13.3 Å². The van der Waals surface area contributed by atoms with Crippen LogP contribution in [-0.2, 0) is 6.54 Å². The lowest BCUT2D eigenvalue weighted by Gasteiger charge is -2.42. The van der Waals surface area contributed by atoms with Crippen LogP contribution >= 0.6 is 0 Å². The molecule has 1 aliphatic heterocycles. The highest BCUT2D eigenvalue weighted by molar-refractivity contribution is 5.43. The summed E-state index contributed by atoms with van der Waals surface area (Å²) >= 11 is 0. The van der Waals surface area contributed by atoms with Crippen molar-refractivity contribution < 1.29 is 9.84 Å². The number of benzene rings is 1. The van der Waals surface area contributed by atoms with Gasteiger partial charge >= 0.3 is 0 Å². The van der Waals surface area contributed by atoms with Crippen LogP contribution in [-0.4, -0.2) is 59.4 Å².